The molecule has 4 rings (SSSR count). The Kier molecular flexibility index (Phi) is 5.58. The Morgan fingerprint density at radius 3 is 2.32 bits per heavy atom. The number of rotatable bonds is 5. The number of amides is 1. The molecule has 0 aliphatic carbocycles. The van der Waals surface area contributed by atoms with Crippen LogP contribution in [0, 0.1) is 0 Å². The smallest absolute Gasteiger partial charge is 0.234 e. The molecule has 0 unspecified atom stereocenters. The van der Waals surface area contributed by atoms with Gasteiger partial charge in [-0.1, -0.05) is 54.6 Å². The molecule has 144 valence electrons. The van der Waals surface area contributed by atoms with Crippen LogP contribution in [-0.2, 0) is 4.79 Å². The van der Waals surface area contributed by atoms with Crippen molar-refractivity contribution in [1.82, 2.24) is 10.2 Å². The predicted octanol–water partition coefficient (Wildman–Crippen LogP) is 3.84. The van der Waals surface area contributed by atoms with Crippen LogP contribution in [0.15, 0.2) is 72.8 Å². The Morgan fingerprint density at radius 1 is 0.893 bits per heavy atom. The standard InChI is InChI=1S/C24H27N3O/c1-19(21-12-11-20-7-5-6-8-22(20)17-21)25-24(28)18-26-13-15-27(16-14-26)23-9-3-2-4-10-23/h2-12,17,19H,13-16,18H2,1H3,(H,25,28)/t19-/m1/s1. The van der Waals surface area contributed by atoms with E-state index in [2.05, 4.69) is 76.6 Å². The molecule has 3 aromatic carbocycles. The molecule has 1 fully saturated rings. The average Bonchev–Trinajstić information content (AvgIpc) is 2.74. The van der Waals surface area contributed by atoms with Crippen molar-refractivity contribution in [2.45, 2.75) is 13.0 Å². The van der Waals surface area contributed by atoms with Gasteiger partial charge in [0.15, 0.2) is 0 Å². The molecular weight excluding hydrogens is 346 g/mol. The van der Waals surface area contributed by atoms with Crippen LogP contribution < -0.4 is 10.2 Å². The highest BCUT2D eigenvalue weighted by molar-refractivity contribution is 5.83. The number of carbonyl (C=O) groups is 1. The van der Waals surface area contributed by atoms with Crippen LogP contribution in [0.1, 0.15) is 18.5 Å². The van der Waals surface area contributed by atoms with Gasteiger partial charge >= 0.3 is 0 Å². The normalized spacial score (nSPS) is 16.1. The fourth-order valence-corrected chi connectivity index (χ4v) is 3.85. The zero-order valence-corrected chi connectivity index (χ0v) is 16.3. The average molecular weight is 374 g/mol. The van der Waals surface area contributed by atoms with E-state index in [1.807, 2.05) is 18.2 Å². The van der Waals surface area contributed by atoms with Crippen molar-refractivity contribution in [2.75, 3.05) is 37.6 Å². The number of benzene rings is 3. The summed E-state index contributed by atoms with van der Waals surface area (Å²) in [5.41, 5.74) is 2.40. The summed E-state index contributed by atoms with van der Waals surface area (Å²) in [6.07, 6.45) is 0. The Labute approximate surface area is 166 Å². The zero-order valence-electron chi connectivity index (χ0n) is 16.3. The van der Waals surface area contributed by atoms with Crippen LogP contribution in [0.25, 0.3) is 10.8 Å². The van der Waals surface area contributed by atoms with Crippen LogP contribution in [0.5, 0.6) is 0 Å². The first-order chi connectivity index (χ1) is 13.7. The maximum absolute atomic E-state index is 12.5. The molecule has 1 heterocycles. The Morgan fingerprint density at radius 2 is 1.57 bits per heavy atom. The van der Waals surface area contributed by atoms with E-state index in [1.54, 1.807) is 0 Å². The van der Waals surface area contributed by atoms with Gasteiger partial charge in [0.25, 0.3) is 0 Å². The van der Waals surface area contributed by atoms with Crippen molar-refractivity contribution in [1.29, 1.82) is 0 Å². The van der Waals surface area contributed by atoms with E-state index in [-0.39, 0.29) is 11.9 Å². The summed E-state index contributed by atoms with van der Waals surface area (Å²) in [6.45, 7) is 6.24. The first kappa shape index (κ1) is 18.5. The van der Waals surface area contributed by atoms with Gasteiger partial charge in [0.05, 0.1) is 12.6 Å². The molecular formula is C24H27N3O. The van der Waals surface area contributed by atoms with E-state index >= 15 is 0 Å². The maximum atomic E-state index is 12.5. The molecule has 0 saturated carbocycles. The van der Waals surface area contributed by atoms with Crippen LogP contribution in [0.3, 0.4) is 0 Å². The summed E-state index contributed by atoms with van der Waals surface area (Å²) in [4.78, 5) is 17.2. The SMILES string of the molecule is C[C@@H](NC(=O)CN1CCN(c2ccccc2)CC1)c1ccc2ccccc2c1. The number of para-hydroxylation sites is 1. The first-order valence-electron chi connectivity index (χ1n) is 9.99. The lowest BCUT2D eigenvalue weighted by molar-refractivity contribution is -0.123. The van der Waals surface area contributed by atoms with Crippen LogP contribution in [-0.4, -0.2) is 43.5 Å². The van der Waals surface area contributed by atoms with Gasteiger partial charge in [-0.15, -0.1) is 0 Å². The molecule has 1 N–H and O–H groups in total. The molecule has 4 nitrogen and oxygen atoms in total. The van der Waals surface area contributed by atoms with Gasteiger partial charge in [0.1, 0.15) is 0 Å². The maximum Gasteiger partial charge on any atom is 0.234 e. The van der Waals surface area contributed by atoms with Crippen molar-refractivity contribution in [3.63, 3.8) is 0 Å². The molecule has 0 spiro atoms. The van der Waals surface area contributed by atoms with E-state index in [0.29, 0.717) is 6.54 Å². The highest BCUT2D eigenvalue weighted by atomic mass is 16.2. The summed E-state index contributed by atoms with van der Waals surface area (Å²) >= 11 is 0. The van der Waals surface area contributed by atoms with Gasteiger partial charge in [-0.3, -0.25) is 9.69 Å². The van der Waals surface area contributed by atoms with E-state index in [4.69, 9.17) is 0 Å². The molecule has 0 radical (unpaired) electrons. The Bertz CT molecular complexity index is 933. The Hall–Kier alpha value is -2.85. The third-order valence-corrected chi connectivity index (χ3v) is 5.51. The van der Waals surface area contributed by atoms with Gasteiger partial charge in [-0.05, 0) is 41.5 Å². The minimum atomic E-state index is 0.00251. The summed E-state index contributed by atoms with van der Waals surface area (Å²) in [5.74, 6) is 0.0915. The van der Waals surface area contributed by atoms with Crippen LogP contribution in [0.2, 0.25) is 0 Å². The van der Waals surface area contributed by atoms with E-state index < -0.39 is 0 Å². The van der Waals surface area contributed by atoms with Gasteiger partial charge in [-0.25, -0.2) is 0 Å². The minimum Gasteiger partial charge on any atom is -0.369 e. The molecule has 28 heavy (non-hydrogen) atoms. The first-order valence-corrected chi connectivity index (χ1v) is 9.99. The number of piperazine rings is 1. The minimum absolute atomic E-state index is 0.00251. The second-order valence-electron chi connectivity index (χ2n) is 7.49. The number of carbonyl (C=O) groups excluding carboxylic acids is 1. The van der Waals surface area contributed by atoms with E-state index in [9.17, 15) is 4.79 Å². The largest absolute Gasteiger partial charge is 0.369 e. The zero-order chi connectivity index (χ0) is 19.3. The molecule has 1 amide bonds. The molecule has 0 aromatic heterocycles. The predicted molar refractivity (Wildman–Crippen MR) is 116 cm³/mol. The second kappa shape index (κ2) is 8.44. The van der Waals surface area contributed by atoms with Crippen molar-refractivity contribution < 1.29 is 4.79 Å². The lowest BCUT2D eigenvalue weighted by atomic mass is 10.0. The molecule has 1 aliphatic heterocycles. The van der Waals surface area contributed by atoms with E-state index in [0.717, 1.165) is 31.7 Å². The topological polar surface area (TPSA) is 35.6 Å². The molecule has 1 aliphatic rings. The van der Waals surface area contributed by atoms with E-state index in [1.165, 1.54) is 16.5 Å². The summed E-state index contributed by atoms with van der Waals surface area (Å²) in [7, 11) is 0. The van der Waals surface area contributed by atoms with Gasteiger partial charge in [-0.2, -0.15) is 0 Å². The fourth-order valence-electron chi connectivity index (χ4n) is 3.85. The molecule has 3 aromatic rings. The summed E-state index contributed by atoms with van der Waals surface area (Å²) < 4.78 is 0. The van der Waals surface area contributed by atoms with Crippen LogP contribution in [0.4, 0.5) is 5.69 Å². The number of hydrogen-bond donors (Lipinski definition) is 1. The van der Waals surface area contributed by atoms with Crippen molar-refractivity contribution >= 4 is 22.4 Å². The van der Waals surface area contributed by atoms with Gasteiger partial charge < -0.3 is 10.2 Å². The number of anilines is 1. The number of nitrogens with one attached hydrogen (secondary N) is 1. The van der Waals surface area contributed by atoms with Crippen molar-refractivity contribution in [2.24, 2.45) is 0 Å². The fraction of sp³-hybridized carbons (Fsp3) is 0.292. The summed E-state index contributed by atoms with van der Waals surface area (Å²) in [5, 5.41) is 5.59. The van der Waals surface area contributed by atoms with Crippen LogP contribution >= 0.6 is 0 Å². The summed E-state index contributed by atoms with van der Waals surface area (Å²) in [6, 6.07) is 25.2. The molecule has 1 saturated heterocycles. The number of hydrogen-bond acceptors (Lipinski definition) is 3. The second-order valence-corrected chi connectivity index (χ2v) is 7.49. The van der Waals surface area contributed by atoms with Gasteiger partial charge in [0.2, 0.25) is 5.91 Å². The van der Waals surface area contributed by atoms with Crippen molar-refractivity contribution in [3.05, 3.63) is 78.4 Å². The Balaban J connectivity index is 1.29. The highest BCUT2D eigenvalue weighted by Crippen LogP contribution is 2.20. The third kappa shape index (κ3) is 4.34. The highest BCUT2D eigenvalue weighted by Gasteiger charge is 2.20. The molecule has 0 bridgehead atoms. The number of fused-ring (bicyclic) bond motifs is 1. The lowest BCUT2D eigenvalue weighted by Crippen LogP contribution is -2.49. The third-order valence-electron chi connectivity index (χ3n) is 5.51. The quantitative estimate of drug-likeness (QED) is 0.738. The van der Waals surface area contributed by atoms with Gasteiger partial charge in [0, 0.05) is 31.9 Å². The monoisotopic (exact) mass is 373 g/mol. The lowest BCUT2D eigenvalue weighted by Gasteiger charge is -2.35. The van der Waals surface area contributed by atoms with Crippen molar-refractivity contribution in [3.8, 4) is 0 Å². The number of nitrogens with zero attached hydrogens (tertiary/aromatic N) is 2. The molecule has 4 heteroatoms. The molecule has 1 atom stereocenters.